The Morgan fingerprint density at radius 2 is 1.52 bits per heavy atom. The Hall–Kier alpha value is -1.90. The zero-order chi connectivity index (χ0) is 19.2. The number of anilines is 1. The number of hydrogen-bond acceptors (Lipinski definition) is 4. The van der Waals surface area contributed by atoms with Crippen molar-refractivity contribution in [2.75, 3.05) is 17.4 Å². The molecule has 2 heterocycles. The number of fused-ring (bicyclic) bond motifs is 1. The lowest BCUT2D eigenvalue weighted by Gasteiger charge is -2.24. The molecule has 2 aliphatic heterocycles. The minimum atomic E-state index is -3.69. The molecule has 0 aliphatic carbocycles. The summed E-state index contributed by atoms with van der Waals surface area (Å²) in [4.78, 5) is 0.479. The van der Waals surface area contributed by atoms with E-state index in [4.69, 9.17) is 0 Å². The number of rotatable bonds is 4. The fourth-order valence-electron chi connectivity index (χ4n) is 3.89. The quantitative estimate of drug-likeness (QED) is 0.782. The van der Waals surface area contributed by atoms with Gasteiger partial charge in [0.1, 0.15) is 0 Å². The van der Waals surface area contributed by atoms with Crippen LogP contribution in [0.4, 0.5) is 5.69 Å². The third kappa shape index (κ3) is 3.05. The van der Waals surface area contributed by atoms with E-state index in [1.165, 1.54) is 14.7 Å². The summed E-state index contributed by atoms with van der Waals surface area (Å²) in [5.74, 6) is 0. The van der Waals surface area contributed by atoms with Gasteiger partial charge in [0.05, 0.1) is 15.5 Å². The van der Waals surface area contributed by atoms with E-state index in [-0.39, 0.29) is 15.8 Å². The van der Waals surface area contributed by atoms with Crippen molar-refractivity contribution in [1.29, 1.82) is 0 Å². The standard InChI is InChI=1S/C19H22N2O4S2/c1-15-13-16-14-18(26(22,23)20-11-5-6-12-20)9-10-19(16)21(15)27(24,25)17-7-3-2-4-8-17/h2-4,7-10,14-15H,5-6,11-13H2,1H3/t15-/m0/s1. The molecule has 0 saturated carbocycles. The highest BCUT2D eigenvalue weighted by Crippen LogP contribution is 2.38. The second-order valence-corrected chi connectivity index (χ2v) is 10.8. The minimum absolute atomic E-state index is 0.235. The summed E-state index contributed by atoms with van der Waals surface area (Å²) in [6.45, 7) is 2.93. The molecule has 6 nitrogen and oxygen atoms in total. The van der Waals surface area contributed by atoms with Crippen molar-refractivity contribution in [3.8, 4) is 0 Å². The van der Waals surface area contributed by atoms with Gasteiger partial charge in [0.2, 0.25) is 10.0 Å². The van der Waals surface area contributed by atoms with Crippen LogP contribution < -0.4 is 4.31 Å². The SMILES string of the molecule is C[C@H]1Cc2cc(S(=O)(=O)N3CCCC3)ccc2N1S(=O)(=O)c1ccccc1. The molecule has 8 heteroatoms. The van der Waals surface area contributed by atoms with Crippen molar-refractivity contribution < 1.29 is 16.8 Å². The molecule has 1 atom stereocenters. The maximum atomic E-state index is 13.1. The van der Waals surface area contributed by atoms with Crippen LogP contribution in [-0.2, 0) is 26.5 Å². The van der Waals surface area contributed by atoms with Crippen LogP contribution in [0.1, 0.15) is 25.3 Å². The molecule has 2 aromatic carbocycles. The van der Waals surface area contributed by atoms with Gasteiger partial charge in [-0.2, -0.15) is 4.31 Å². The van der Waals surface area contributed by atoms with Crippen molar-refractivity contribution in [3.63, 3.8) is 0 Å². The first-order valence-electron chi connectivity index (χ1n) is 9.04. The van der Waals surface area contributed by atoms with Crippen LogP contribution >= 0.6 is 0 Å². The number of benzene rings is 2. The van der Waals surface area contributed by atoms with Crippen LogP contribution in [0.25, 0.3) is 0 Å². The molecule has 0 N–H and O–H groups in total. The van der Waals surface area contributed by atoms with Gasteiger partial charge in [-0.05, 0) is 62.1 Å². The summed E-state index contributed by atoms with van der Waals surface area (Å²) in [7, 11) is -7.21. The number of nitrogens with zero attached hydrogens (tertiary/aromatic N) is 2. The van der Waals surface area contributed by atoms with Gasteiger partial charge in [-0.15, -0.1) is 0 Å². The largest absolute Gasteiger partial charge is 0.264 e. The van der Waals surface area contributed by atoms with Crippen molar-refractivity contribution in [3.05, 3.63) is 54.1 Å². The number of hydrogen-bond donors (Lipinski definition) is 0. The molecule has 0 amide bonds. The normalized spacial score (nSPS) is 20.8. The summed E-state index contributed by atoms with van der Waals surface area (Å²) in [6.07, 6.45) is 2.25. The first-order chi connectivity index (χ1) is 12.8. The Labute approximate surface area is 160 Å². The average Bonchev–Trinajstić information content (AvgIpc) is 3.29. The van der Waals surface area contributed by atoms with Crippen LogP contribution in [-0.4, -0.2) is 40.3 Å². The Balaban J connectivity index is 1.74. The van der Waals surface area contributed by atoms with Crippen molar-refractivity contribution in [2.24, 2.45) is 0 Å². The monoisotopic (exact) mass is 406 g/mol. The van der Waals surface area contributed by atoms with E-state index in [1.807, 2.05) is 6.92 Å². The van der Waals surface area contributed by atoms with Crippen molar-refractivity contribution >= 4 is 25.7 Å². The summed E-state index contributed by atoms with van der Waals surface area (Å²) in [5.41, 5.74) is 1.31. The topological polar surface area (TPSA) is 74.8 Å². The van der Waals surface area contributed by atoms with Crippen LogP contribution in [0.15, 0.2) is 58.3 Å². The van der Waals surface area contributed by atoms with Crippen LogP contribution in [0.3, 0.4) is 0 Å². The predicted molar refractivity (Wildman–Crippen MR) is 104 cm³/mol. The Morgan fingerprint density at radius 3 is 2.19 bits per heavy atom. The highest BCUT2D eigenvalue weighted by atomic mass is 32.2. The molecule has 2 aliphatic rings. The highest BCUT2D eigenvalue weighted by Gasteiger charge is 2.37. The average molecular weight is 407 g/mol. The highest BCUT2D eigenvalue weighted by molar-refractivity contribution is 7.93. The molecule has 144 valence electrons. The van der Waals surface area contributed by atoms with E-state index in [2.05, 4.69) is 0 Å². The molecule has 27 heavy (non-hydrogen) atoms. The van der Waals surface area contributed by atoms with Gasteiger partial charge < -0.3 is 0 Å². The third-order valence-electron chi connectivity index (χ3n) is 5.21. The molecule has 4 rings (SSSR count). The lowest BCUT2D eigenvalue weighted by molar-refractivity contribution is 0.477. The third-order valence-corrected chi connectivity index (χ3v) is 9.04. The molecule has 1 fully saturated rings. The molecule has 0 radical (unpaired) electrons. The van der Waals surface area contributed by atoms with Gasteiger partial charge in [-0.1, -0.05) is 18.2 Å². The fraction of sp³-hybridized carbons (Fsp3) is 0.368. The van der Waals surface area contributed by atoms with Crippen LogP contribution in [0.5, 0.6) is 0 Å². The van der Waals surface area contributed by atoms with Gasteiger partial charge in [0.25, 0.3) is 10.0 Å². The smallest absolute Gasteiger partial charge is 0.263 e. The van der Waals surface area contributed by atoms with Gasteiger partial charge >= 0.3 is 0 Å². The molecule has 0 spiro atoms. The van der Waals surface area contributed by atoms with E-state index in [0.717, 1.165) is 18.4 Å². The molecular formula is C19H22N2O4S2. The molecule has 0 aromatic heterocycles. The van der Waals surface area contributed by atoms with Gasteiger partial charge in [-0.25, -0.2) is 16.8 Å². The van der Waals surface area contributed by atoms with E-state index >= 15 is 0 Å². The first-order valence-corrected chi connectivity index (χ1v) is 11.9. The van der Waals surface area contributed by atoms with E-state index < -0.39 is 20.0 Å². The van der Waals surface area contributed by atoms with Crippen LogP contribution in [0, 0.1) is 0 Å². The molecule has 2 aromatic rings. The summed E-state index contributed by atoms with van der Waals surface area (Å²) in [5, 5.41) is 0. The molecule has 0 bridgehead atoms. The first kappa shape index (κ1) is 18.5. The molecular weight excluding hydrogens is 384 g/mol. The van der Waals surface area contributed by atoms with E-state index in [9.17, 15) is 16.8 Å². The lowest BCUT2D eigenvalue weighted by atomic mass is 10.1. The summed E-state index contributed by atoms with van der Waals surface area (Å²) >= 11 is 0. The van der Waals surface area contributed by atoms with E-state index in [1.54, 1.807) is 42.5 Å². The second kappa shape index (κ2) is 6.61. The number of sulfonamides is 2. The second-order valence-electron chi connectivity index (χ2n) is 7.07. The van der Waals surface area contributed by atoms with E-state index in [0.29, 0.717) is 25.2 Å². The maximum Gasteiger partial charge on any atom is 0.264 e. The Kier molecular flexibility index (Phi) is 4.52. The molecule has 1 saturated heterocycles. The zero-order valence-electron chi connectivity index (χ0n) is 15.1. The predicted octanol–water partition coefficient (Wildman–Crippen LogP) is 2.61. The van der Waals surface area contributed by atoms with Crippen molar-refractivity contribution in [1.82, 2.24) is 4.31 Å². The van der Waals surface area contributed by atoms with Gasteiger partial charge in [0.15, 0.2) is 0 Å². The van der Waals surface area contributed by atoms with Crippen molar-refractivity contribution in [2.45, 2.75) is 42.0 Å². The van der Waals surface area contributed by atoms with Gasteiger partial charge in [0, 0.05) is 19.1 Å². The minimum Gasteiger partial charge on any atom is -0.263 e. The Bertz CT molecular complexity index is 1060. The molecule has 0 unspecified atom stereocenters. The van der Waals surface area contributed by atoms with Crippen LogP contribution in [0.2, 0.25) is 0 Å². The summed E-state index contributed by atoms with van der Waals surface area (Å²) < 4.78 is 54.7. The maximum absolute atomic E-state index is 13.1. The van der Waals surface area contributed by atoms with Gasteiger partial charge in [-0.3, -0.25) is 4.31 Å². The Morgan fingerprint density at radius 1 is 0.852 bits per heavy atom. The summed E-state index contributed by atoms with van der Waals surface area (Å²) in [6, 6.07) is 12.8. The zero-order valence-corrected chi connectivity index (χ0v) is 16.7. The lowest BCUT2D eigenvalue weighted by Crippen LogP contribution is -2.35. The fourth-order valence-corrected chi connectivity index (χ4v) is 7.17.